The van der Waals surface area contributed by atoms with E-state index in [2.05, 4.69) is 17.9 Å². The van der Waals surface area contributed by atoms with E-state index in [1.807, 2.05) is 18.2 Å². The summed E-state index contributed by atoms with van der Waals surface area (Å²) in [6.45, 7) is 5.86. The molecule has 0 radical (unpaired) electrons. The van der Waals surface area contributed by atoms with E-state index >= 15 is 0 Å². The van der Waals surface area contributed by atoms with Crippen LogP contribution in [-0.4, -0.2) is 41.0 Å². The number of hydrogen-bond acceptors (Lipinski definition) is 3. The van der Waals surface area contributed by atoms with Crippen molar-refractivity contribution >= 4 is 17.5 Å². The number of benzene rings is 1. The van der Waals surface area contributed by atoms with Gasteiger partial charge in [-0.2, -0.15) is 0 Å². The van der Waals surface area contributed by atoms with E-state index in [4.69, 9.17) is 17.3 Å². The van der Waals surface area contributed by atoms with Crippen LogP contribution < -0.4 is 5.73 Å². The minimum absolute atomic E-state index is 0.0433. The molecule has 1 aromatic rings. The van der Waals surface area contributed by atoms with Crippen molar-refractivity contribution in [2.24, 2.45) is 5.73 Å². The van der Waals surface area contributed by atoms with Crippen LogP contribution in [0, 0.1) is 0 Å². The van der Waals surface area contributed by atoms with Gasteiger partial charge in [0.15, 0.2) is 0 Å². The van der Waals surface area contributed by atoms with Crippen molar-refractivity contribution in [3.8, 4) is 0 Å². The van der Waals surface area contributed by atoms with Gasteiger partial charge in [0.2, 0.25) is 5.91 Å². The van der Waals surface area contributed by atoms with Gasteiger partial charge in [0.05, 0.1) is 6.17 Å². The van der Waals surface area contributed by atoms with Crippen LogP contribution in [0.1, 0.15) is 19.4 Å². The fourth-order valence-corrected chi connectivity index (χ4v) is 2.72. The van der Waals surface area contributed by atoms with Gasteiger partial charge in [-0.25, -0.2) is 0 Å². The molecule has 104 valence electrons. The first-order valence-electron chi connectivity index (χ1n) is 6.48. The molecule has 0 aromatic heterocycles. The highest BCUT2D eigenvalue weighted by atomic mass is 35.5. The Hall–Kier alpha value is -1.10. The van der Waals surface area contributed by atoms with Gasteiger partial charge in [-0.15, -0.1) is 0 Å². The fourth-order valence-electron chi connectivity index (χ4n) is 2.51. The average Bonchev–Trinajstić information content (AvgIpc) is 2.33. The van der Waals surface area contributed by atoms with Gasteiger partial charge in [-0.05, 0) is 24.6 Å². The van der Waals surface area contributed by atoms with Crippen molar-refractivity contribution in [2.45, 2.75) is 32.6 Å². The summed E-state index contributed by atoms with van der Waals surface area (Å²) in [7, 11) is 0. The standard InChI is InChI=1S/C14H20ClN3O/c1-10-7-18(11(2)19)14(16)9-17(10)8-12-4-3-5-13(15)6-12/h3-6,10,14H,7-9,16H2,1-2H3. The largest absolute Gasteiger partial charge is 0.325 e. The zero-order valence-electron chi connectivity index (χ0n) is 11.3. The highest BCUT2D eigenvalue weighted by molar-refractivity contribution is 6.30. The highest BCUT2D eigenvalue weighted by Gasteiger charge is 2.30. The van der Waals surface area contributed by atoms with Crippen molar-refractivity contribution in [2.75, 3.05) is 13.1 Å². The molecular weight excluding hydrogens is 262 g/mol. The second kappa shape index (κ2) is 5.90. The lowest BCUT2D eigenvalue weighted by molar-refractivity contribution is -0.135. The molecule has 2 rings (SSSR count). The smallest absolute Gasteiger partial charge is 0.220 e. The topological polar surface area (TPSA) is 49.6 Å². The minimum atomic E-state index is -0.229. The lowest BCUT2D eigenvalue weighted by atomic mass is 10.1. The Morgan fingerprint density at radius 3 is 2.84 bits per heavy atom. The maximum Gasteiger partial charge on any atom is 0.220 e. The van der Waals surface area contributed by atoms with Crippen LogP contribution in [0.5, 0.6) is 0 Å². The predicted molar refractivity (Wildman–Crippen MR) is 76.7 cm³/mol. The van der Waals surface area contributed by atoms with Crippen LogP contribution in [-0.2, 0) is 11.3 Å². The summed E-state index contributed by atoms with van der Waals surface area (Å²) in [6.07, 6.45) is -0.229. The maximum atomic E-state index is 11.5. The number of piperazine rings is 1. The van der Waals surface area contributed by atoms with Gasteiger partial charge in [-0.3, -0.25) is 9.69 Å². The Kier molecular flexibility index (Phi) is 4.45. The third-order valence-electron chi connectivity index (χ3n) is 3.59. The van der Waals surface area contributed by atoms with E-state index in [0.717, 1.165) is 11.6 Å². The molecule has 0 spiro atoms. The summed E-state index contributed by atoms with van der Waals surface area (Å²) in [5.41, 5.74) is 7.22. The second-order valence-corrected chi connectivity index (χ2v) is 5.58. The molecule has 0 aliphatic carbocycles. The van der Waals surface area contributed by atoms with Gasteiger partial charge >= 0.3 is 0 Å². The summed E-state index contributed by atoms with van der Waals surface area (Å²) >= 11 is 6.00. The zero-order chi connectivity index (χ0) is 14.0. The van der Waals surface area contributed by atoms with E-state index < -0.39 is 0 Å². The number of carbonyl (C=O) groups excluding carboxylic acids is 1. The number of hydrogen-bond donors (Lipinski definition) is 1. The SMILES string of the molecule is CC(=O)N1CC(C)N(Cc2cccc(Cl)c2)CC1N. The molecule has 2 atom stereocenters. The number of halogens is 1. The molecule has 0 bridgehead atoms. The highest BCUT2D eigenvalue weighted by Crippen LogP contribution is 2.18. The number of nitrogens with zero attached hydrogens (tertiary/aromatic N) is 2. The van der Waals surface area contributed by atoms with Gasteiger partial charge < -0.3 is 10.6 Å². The number of nitrogens with two attached hydrogens (primary N) is 1. The van der Waals surface area contributed by atoms with Gasteiger partial charge in [-0.1, -0.05) is 23.7 Å². The summed E-state index contributed by atoms with van der Waals surface area (Å²) in [4.78, 5) is 15.5. The number of amides is 1. The van der Waals surface area contributed by atoms with Crippen molar-refractivity contribution in [1.82, 2.24) is 9.80 Å². The van der Waals surface area contributed by atoms with E-state index in [0.29, 0.717) is 19.1 Å². The second-order valence-electron chi connectivity index (χ2n) is 5.15. The van der Waals surface area contributed by atoms with Crippen LogP contribution in [0.25, 0.3) is 0 Å². The Bertz CT molecular complexity index is 466. The van der Waals surface area contributed by atoms with Gasteiger partial charge in [0.25, 0.3) is 0 Å². The third-order valence-corrected chi connectivity index (χ3v) is 3.82. The average molecular weight is 282 g/mol. The monoisotopic (exact) mass is 281 g/mol. The minimum Gasteiger partial charge on any atom is -0.325 e. The Balaban J connectivity index is 2.04. The predicted octanol–water partition coefficient (Wildman–Crippen LogP) is 1.68. The normalized spacial score (nSPS) is 24.5. The molecule has 1 aliphatic heterocycles. The molecule has 1 fully saturated rings. The first kappa shape index (κ1) is 14.3. The summed E-state index contributed by atoms with van der Waals surface area (Å²) in [6, 6.07) is 8.14. The summed E-state index contributed by atoms with van der Waals surface area (Å²) in [5, 5.41) is 0.747. The van der Waals surface area contributed by atoms with E-state index in [-0.39, 0.29) is 12.1 Å². The van der Waals surface area contributed by atoms with Crippen LogP contribution in [0.3, 0.4) is 0 Å². The first-order valence-corrected chi connectivity index (χ1v) is 6.86. The van der Waals surface area contributed by atoms with Crippen LogP contribution in [0.15, 0.2) is 24.3 Å². The lowest BCUT2D eigenvalue weighted by Crippen LogP contribution is -2.61. The molecule has 2 unspecified atom stereocenters. The molecule has 5 heteroatoms. The van der Waals surface area contributed by atoms with E-state index in [9.17, 15) is 4.79 Å². The third kappa shape index (κ3) is 3.47. The molecule has 1 heterocycles. The molecular formula is C14H20ClN3O. The first-order chi connectivity index (χ1) is 8.97. The molecule has 2 N–H and O–H groups in total. The van der Waals surface area contributed by atoms with Crippen molar-refractivity contribution in [1.29, 1.82) is 0 Å². The van der Waals surface area contributed by atoms with Crippen molar-refractivity contribution in [3.05, 3.63) is 34.9 Å². The molecule has 1 amide bonds. The van der Waals surface area contributed by atoms with E-state index in [1.54, 1.807) is 11.8 Å². The van der Waals surface area contributed by atoms with E-state index in [1.165, 1.54) is 5.56 Å². The summed E-state index contributed by atoms with van der Waals surface area (Å²) in [5.74, 6) is 0.0433. The lowest BCUT2D eigenvalue weighted by Gasteiger charge is -2.43. The molecule has 19 heavy (non-hydrogen) atoms. The quantitative estimate of drug-likeness (QED) is 0.897. The van der Waals surface area contributed by atoms with Crippen molar-refractivity contribution in [3.63, 3.8) is 0 Å². The van der Waals surface area contributed by atoms with Crippen LogP contribution in [0.4, 0.5) is 0 Å². The fraction of sp³-hybridized carbons (Fsp3) is 0.500. The molecule has 4 nitrogen and oxygen atoms in total. The Labute approximate surface area is 119 Å². The number of carbonyl (C=O) groups is 1. The molecule has 1 saturated heterocycles. The maximum absolute atomic E-state index is 11.5. The Morgan fingerprint density at radius 2 is 2.21 bits per heavy atom. The number of rotatable bonds is 2. The van der Waals surface area contributed by atoms with Gasteiger partial charge in [0.1, 0.15) is 0 Å². The van der Waals surface area contributed by atoms with Crippen LogP contribution in [0.2, 0.25) is 5.02 Å². The summed E-state index contributed by atoms with van der Waals surface area (Å²) < 4.78 is 0. The van der Waals surface area contributed by atoms with Gasteiger partial charge in [0, 0.05) is 37.6 Å². The zero-order valence-corrected chi connectivity index (χ0v) is 12.1. The van der Waals surface area contributed by atoms with Crippen molar-refractivity contribution < 1.29 is 4.79 Å². The Morgan fingerprint density at radius 1 is 1.47 bits per heavy atom. The molecule has 1 aliphatic rings. The molecule has 0 saturated carbocycles. The van der Waals surface area contributed by atoms with Crippen LogP contribution >= 0.6 is 11.6 Å². The molecule has 1 aromatic carbocycles.